The molecule has 0 radical (unpaired) electrons. The standard InChI is InChI=1S/C20H23N3O3/c1-14(23-15(2)24)3-4-16-7-8-20(22-10-16)26-19-9-18(11-21-12-19)25-13-17-5-6-17/h3-4,7-12,14,17H,5-6,13H2,1-2H3,(H,23,24)/b4-3+/t14-/m0/s1. The topological polar surface area (TPSA) is 73.3 Å². The van der Waals surface area contributed by atoms with Gasteiger partial charge in [-0.2, -0.15) is 0 Å². The van der Waals surface area contributed by atoms with Crippen LogP contribution in [0.2, 0.25) is 0 Å². The zero-order valence-electron chi connectivity index (χ0n) is 15.0. The van der Waals surface area contributed by atoms with Gasteiger partial charge < -0.3 is 14.8 Å². The van der Waals surface area contributed by atoms with E-state index < -0.39 is 0 Å². The quantitative estimate of drug-likeness (QED) is 0.785. The Kier molecular flexibility index (Phi) is 5.84. The number of hydrogen-bond acceptors (Lipinski definition) is 5. The first kappa shape index (κ1) is 17.9. The monoisotopic (exact) mass is 353 g/mol. The number of ether oxygens (including phenoxy) is 2. The highest BCUT2D eigenvalue weighted by Gasteiger charge is 2.22. The predicted molar refractivity (Wildman–Crippen MR) is 99.1 cm³/mol. The Morgan fingerprint density at radius 1 is 1.31 bits per heavy atom. The maximum absolute atomic E-state index is 11.0. The van der Waals surface area contributed by atoms with E-state index in [2.05, 4.69) is 15.3 Å². The molecule has 1 aliphatic rings. The van der Waals surface area contributed by atoms with Crippen LogP contribution < -0.4 is 14.8 Å². The van der Waals surface area contributed by atoms with Gasteiger partial charge in [-0.3, -0.25) is 9.78 Å². The molecule has 6 heteroatoms. The maximum Gasteiger partial charge on any atom is 0.219 e. The summed E-state index contributed by atoms with van der Waals surface area (Å²) >= 11 is 0. The molecular weight excluding hydrogens is 330 g/mol. The smallest absolute Gasteiger partial charge is 0.219 e. The van der Waals surface area contributed by atoms with Crippen molar-refractivity contribution in [3.8, 4) is 17.4 Å². The maximum atomic E-state index is 11.0. The third-order valence-electron chi connectivity index (χ3n) is 3.86. The Morgan fingerprint density at radius 3 is 2.81 bits per heavy atom. The van der Waals surface area contributed by atoms with Gasteiger partial charge in [0.2, 0.25) is 11.8 Å². The lowest BCUT2D eigenvalue weighted by molar-refractivity contribution is -0.119. The molecule has 26 heavy (non-hydrogen) atoms. The molecule has 1 amide bonds. The molecule has 0 saturated heterocycles. The Balaban J connectivity index is 1.56. The molecule has 1 fully saturated rings. The van der Waals surface area contributed by atoms with Crippen molar-refractivity contribution in [1.82, 2.24) is 15.3 Å². The third kappa shape index (κ3) is 5.88. The van der Waals surface area contributed by atoms with Crippen molar-refractivity contribution in [2.75, 3.05) is 6.61 Å². The normalized spacial score (nSPS) is 14.8. The molecule has 1 aliphatic carbocycles. The number of carbonyl (C=O) groups excluding carboxylic acids is 1. The fourth-order valence-electron chi connectivity index (χ4n) is 2.33. The summed E-state index contributed by atoms with van der Waals surface area (Å²) in [6, 6.07) is 5.48. The van der Waals surface area contributed by atoms with E-state index in [1.807, 2.05) is 31.2 Å². The van der Waals surface area contributed by atoms with Crippen molar-refractivity contribution in [3.05, 3.63) is 48.4 Å². The van der Waals surface area contributed by atoms with E-state index in [1.165, 1.54) is 19.8 Å². The van der Waals surface area contributed by atoms with Crippen molar-refractivity contribution < 1.29 is 14.3 Å². The van der Waals surface area contributed by atoms with E-state index in [1.54, 1.807) is 24.7 Å². The highest BCUT2D eigenvalue weighted by atomic mass is 16.5. The van der Waals surface area contributed by atoms with Crippen LogP contribution in [0.25, 0.3) is 6.08 Å². The van der Waals surface area contributed by atoms with Crippen LogP contribution in [-0.2, 0) is 4.79 Å². The van der Waals surface area contributed by atoms with Crippen LogP contribution in [0.1, 0.15) is 32.3 Å². The van der Waals surface area contributed by atoms with E-state index in [0.29, 0.717) is 23.3 Å². The summed E-state index contributed by atoms with van der Waals surface area (Å²) < 4.78 is 11.4. The summed E-state index contributed by atoms with van der Waals surface area (Å²) in [5.74, 6) is 2.42. The molecule has 0 unspecified atom stereocenters. The van der Waals surface area contributed by atoms with Crippen molar-refractivity contribution in [2.45, 2.75) is 32.7 Å². The zero-order chi connectivity index (χ0) is 18.4. The zero-order valence-corrected chi connectivity index (χ0v) is 15.0. The number of nitrogens with one attached hydrogen (secondary N) is 1. The minimum Gasteiger partial charge on any atom is -0.492 e. The van der Waals surface area contributed by atoms with Gasteiger partial charge in [0.15, 0.2) is 5.75 Å². The first-order valence-electron chi connectivity index (χ1n) is 8.75. The van der Waals surface area contributed by atoms with Crippen LogP contribution in [0.15, 0.2) is 42.9 Å². The van der Waals surface area contributed by atoms with Crippen LogP contribution >= 0.6 is 0 Å². The van der Waals surface area contributed by atoms with Crippen LogP contribution in [0.3, 0.4) is 0 Å². The lowest BCUT2D eigenvalue weighted by Gasteiger charge is -2.08. The molecule has 0 aliphatic heterocycles. The molecule has 2 aromatic heterocycles. The fraction of sp³-hybridized carbons (Fsp3) is 0.350. The lowest BCUT2D eigenvalue weighted by Crippen LogP contribution is -2.28. The van der Waals surface area contributed by atoms with Crippen LogP contribution in [0.5, 0.6) is 17.4 Å². The average molecular weight is 353 g/mol. The number of pyridine rings is 2. The number of aromatic nitrogens is 2. The minimum absolute atomic E-state index is 0.0344. The summed E-state index contributed by atoms with van der Waals surface area (Å²) in [5.41, 5.74) is 0.925. The van der Waals surface area contributed by atoms with Gasteiger partial charge in [-0.1, -0.05) is 12.2 Å². The number of rotatable bonds is 8. The van der Waals surface area contributed by atoms with E-state index in [0.717, 1.165) is 12.2 Å². The molecule has 3 rings (SSSR count). The van der Waals surface area contributed by atoms with Gasteiger partial charge in [0.1, 0.15) is 5.75 Å². The highest BCUT2D eigenvalue weighted by Crippen LogP contribution is 2.30. The van der Waals surface area contributed by atoms with E-state index in [-0.39, 0.29) is 11.9 Å². The van der Waals surface area contributed by atoms with Crippen molar-refractivity contribution >= 4 is 12.0 Å². The number of hydrogen-bond donors (Lipinski definition) is 1. The van der Waals surface area contributed by atoms with Gasteiger partial charge in [-0.05, 0) is 37.3 Å². The molecule has 0 spiro atoms. The Labute approximate surface area is 153 Å². The van der Waals surface area contributed by atoms with Gasteiger partial charge in [-0.15, -0.1) is 0 Å². The van der Waals surface area contributed by atoms with Gasteiger partial charge >= 0.3 is 0 Å². The molecule has 6 nitrogen and oxygen atoms in total. The summed E-state index contributed by atoms with van der Waals surface area (Å²) in [6.45, 7) is 4.15. The van der Waals surface area contributed by atoms with Crippen LogP contribution in [0, 0.1) is 5.92 Å². The molecule has 1 N–H and O–H groups in total. The Morgan fingerprint density at radius 2 is 2.12 bits per heavy atom. The van der Waals surface area contributed by atoms with Crippen LogP contribution in [-0.4, -0.2) is 28.5 Å². The summed E-state index contributed by atoms with van der Waals surface area (Å²) in [7, 11) is 0. The van der Waals surface area contributed by atoms with Crippen molar-refractivity contribution in [3.63, 3.8) is 0 Å². The first-order valence-corrected chi connectivity index (χ1v) is 8.75. The summed E-state index contributed by atoms with van der Waals surface area (Å²) in [6.07, 6.45) is 11.3. The summed E-state index contributed by atoms with van der Waals surface area (Å²) in [5, 5.41) is 2.79. The lowest BCUT2D eigenvalue weighted by atomic mass is 10.2. The SMILES string of the molecule is CC(=O)N[C@@H](C)/C=C/c1ccc(Oc2cncc(OCC3CC3)c2)nc1. The second kappa shape index (κ2) is 8.47. The minimum atomic E-state index is -0.0547. The van der Waals surface area contributed by atoms with Gasteiger partial charge in [0.05, 0.1) is 19.0 Å². The summed E-state index contributed by atoms with van der Waals surface area (Å²) in [4.78, 5) is 19.4. The molecule has 2 aromatic rings. The number of carbonyl (C=O) groups is 1. The third-order valence-corrected chi connectivity index (χ3v) is 3.86. The second-order valence-corrected chi connectivity index (χ2v) is 6.49. The number of nitrogens with zero attached hydrogens (tertiary/aromatic N) is 2. The fourth-order valence-corrected chi connectivity index (χ4v) is 2.33. The first-order chi connectivity index (χ1) is 12.6. The predicted octanol–water partition coefficient (Wildman–Crippen LogP) is 3.60. The van der Waals surface area contributed by atoms with E-state index >= 15 is 0 Å². The number of amides is 1. The molecule has 1 saturated carbocycles. The van der Waals surface area contributed by atoms with Crippen molar-refractivity contribution in [1.29, 1.82) is 0 Å². The Hall–Kier alpha value is -2.89. The molecule has 0 bridgehead atoms. The highest BCUT2D eigenvalue weighted by molar-refractivity contribution is 5.73. The molecular formula is C20H23N3O3. The molecule has 2 heterocycles. The largest absolute Gasteiger partial charge is 0.492 e. The van der Waals surface area contributed by atoms with Gasteiger partial charge in [0.25, 0.3) is 0 Å². The van der Waals surface area contributed by atoms with E-state index in [9.17, 15) is 4.79 Å². The van der Waals surface area contributed by atoms with Crippen LogP contribution in [0.4, 0.5) is 0 Å². The molecule has 1 atom stereocenters. The Bertz CT molecular complexity index is 770. The van der Waals surface area contributed by atoms with Gasteiger partial charge in [-0.25, -0.2) is 4.98 Å². The van der Waals surface area contributed by atoms with Crippen molar-refractivity contribution in [2.24, 2.45) is 5.92 Å². The molecule has 136 valence electrons. The molecule has 0 aromatic carbocycles. The van der Waals surface area contributed by atoms with E-state index in [4.69, 9.17) is 9.47 Å². The second-order valence-electron chi connectivity index (χ2n) is 6.49. The van der Waals surface area contributed by atoms with Gasteiger partial charge in [0, 0.05) is 31.3 Å². The average Bonchev–Trinajstić information content (AvgIpc) is 3.44.